The summed E-state index contributed by atoms with van der Waals surface area (Å²) in [5.41, 5.74) is 4.57. The number of thioether (sulfide) groups is 1. The molecule has 4 atom stereocenters. The number of carbonyl (C=O) groups is 5. The number of primary amides is 1. The van der Waals surface area contributed by atoms with Crippen molar-refractivity contribution in [1.82, 2.24) is 20.9 Å². The summed E-state index contributed by atoms with van der Waals surface area (Å²) in [7, 11) is 0. The Morgan fingerprint density at radius 1 is 1.00 bits per heavy atom. The van der Waals surface area contributed by atoms with E-state index in [1.165, 1.54) is 30.6 Å². The number of nitrogens with two attached hydrogens (primary N) is 1. The van der Waals surface area contributed by atoms with E-state index in [0.29, 0.717) is 43.7 Å². The van der Waals surface area contributed by atoms with Crippen molar-refractivity contribution >= 4 is 41.3 Å². The normalized spacial score (nSPS) is 17.4. The summed E-state index contributed by atoms with van der Waals surface area (Å²) < 4.78 is 5.36. The van der Waals surface area contributed by atoms with E-state index in [1.54, 1.807) is 18.0 Å². The number of nitrogens with one attached hydrogen (secondary N) is 3. The first-order chi connectivity index (χ1) is 22.7. The SMILES string of the molecule is CCC.CCC(CSCc1ccco1)NC(=O)NC(C(=O)N1CCC[C@H]1C(=O)NC(CC1CC1)C(=O)C(N)=O)C(C)(C)C.CCCCC. The lowest BCUT2D eigenvalue weighted by Gasteiger charge is -2.36. The summed E-state index contributed by atoms with van der Waals surface area (Å²) >= 11 is 1.65. The van der Waals surface area contributed by atoms with Gasteiger partial charge in [-0.2, -0.15) is 11.8 Å². The van der Waals surface area contributed by atoms with E-state index in [9.17, 15) is 24.0 Å². The van der Waals surface area contributed by atoms with Gasteiger partial charge >= 0.3 is 6.03 Å². The maximum Gasteiger partial charge on any atom is 0.315 e. The van der Waals surface area contributed by atoms with E-state index in [-0.39, 0.29) is 17.9 Å². The van der Waals surface area contributed by atoms with E-state index in [4.69, 9.17) is 10.2 Å². The number of amides is 5. The molecule has 12 heteroatoms. The average molecular weight is 694 g/mol. The van der Waals surface area contributed by atoms with Crippen molar-refractivity contribution in [3.63, 3.8) is 0 Å². The zero-order valence-electron chi connectivity index (χ0n) is 30.7. The van der Waals surface area contributed by atoms with Crippen LogP contribution in [0.3, 0.4) is 0 Å². The van der Waals surface area contributed by atoms with Gasteiger partial charge in [0.25, 0.3) is 5.91 Å². The third kappa shape index (κ3) is 15.9. The van der Waals surface area contributed by atoms with Crippen molar-refractivity contribution in [3.05, 3.63) is 24.2 Å². The van der Waals surface area contributed by atoms with Crippen LogP contribution in [-0.2, 0) is 24.9 Å². The van der Waals surface area contributed by atoms with Gasteiger partial charge in [-0.05, 0) is 49.1 Å². The fourth-order valence-electron chi connectivity index (χ4n) is 5.15. The van der Waals surface area contributed by atoms with Crippen LogP contribution in [0.2, 0.25) is 0 Å². The van der Waals surface area contributed by atoms with Gasteiger partial charge in [0.2, 0.25) is 17.6 Å². The number of hydrogen-bond acceptors (Lipinski definition) is 7. The van der Waals surface area contributed by atoms with Crippen LogP contribution in [-0.4, -0.2) is 70.9 Å². The number of ketones is 1. The molecule has 5 amide bonds. The molecule has 274 valence electrons. The second-order valence-electron chi connectivity index (χ2n) is 13.8. The zero-order valence-corrected chi connectivity index (χ0v) is 31.5. The van der Waals surface area contributed by atoms with Gasteiger partial charge in [-0.3, -0.25) is 19.2 Å². The number of urea groups is 1. The van der Waals surface area contributed by atoms with Gasteiger partial charge in [-0.1, -0.05) is 93.9 Å². The molecule has 0 bridgehead atoms. The van der Waals surface area contributed by atoms with E-state index in [2.05, 4.69) is 43.6 Å². The Labute approximate surface area is 293 Å². The van der Waals surface area contributed by atoms with Crippen LogP contribution in [0, 0.1) is 11.3 Å². The first-order valence-electron chi connectivity index (χ1n) is 17.8. The Morgan fingerprint density at radius 3 is 2.12 bits per heavy atom. The van der Waals surface area contributed by atoms with Crippen molar-refractivity contribution in [1.29, 1.82) is 0 Å². The Kier molecular flexibility index (Phi) is 20.2. The minimum Gasteiger partial charge on any atom is -0.468 e. The predicted molar refractivity (Wildman–Crippen MR) is 193 cm³/mol. The molecular weight excluding hydrogens is 630 g/mol. The second-order valence-corrected chi connectivity index (χ2v) is 14.9. The number of hydrogen-bond donors (Lipinski definition) is 4. The van der Waals surface area contributed by atoms with E-state index in [1.807, 2.05) is 39.8 Å². The summed E-state index contributed by atoms with van der Waals surface area (Å²) in [6, 6.07) is 0.512. The van der Waals surface area contributed by atoms with Crippen LogP contribution in [0.25, 0.3) is 0 Å². The Hall–Kier alpha value is -3.02. The quantitative estimate of drug-likeness (QED) is 0.156. The highest BCUT2D eigenvalue weighted by atomic mass is 32.2. The minimum absolute atomic E-state index is 0.104. The van der Waals surface area contributed by atoms with Gasteiger partial charge in [-0.25, -0.2) is 4.79 Å². The topological polar surface area (TPSA) is 164 Å². The summed E-state index contributed by atoms with van der Waals surface area (Å²) in [6.45, 7) is 16.6. The standard InChI is InChI=1S/C28H43N5O6S.C5H12.C3H8/c1-5-18(15-40-16-19-8-7-13-39-19)30-27(38)32-23(28(2,3)4)26(37)33-12-6-9-21(33)25(36)31-20(14-17-10-11-17)22(34)24(29)35;1-3-5-4-2;1-3-2/h7-8,13,17-18,20-21,23H,5-6,9-12,14-16H2,1-4H3,(H2,29,35)(H,31,36)(H2,30,32,38);3-5H2,1-2H3;3H2,1-2H3/t18?,20?,21-,23?;;/m0../s1. The molecular formula is C36H63N5O6S. The third-order valence-corrected chi connectivity index (χ3v) is 9.17. The van der Waals surface area contributed by atoms with Crippen LogP contribution in [0.15, 0.2) is 22.8 Å². The molecule has 0 radical (unpaired) electrons. The maximum atomic E-state index is 13.8. The van der Waals surface area contributed by atoms with Crippen LogP contribution in [0.5, 0.6) is 0 Å². The second kappa shape index (κ2) is 22.6. The molecule has 1 saturated carbocycles. The molecule has 1 aliphatic heterocycles. The molecule has 1 aromatic rings. The van der Waals surface area contributed by atoms with Gasteiger partial charge in [-0.15, -0.1) is 0 Å². The van der Waals surface area contributed by atoms with Crippen LogP contribution in [0.1, 0.15) is 125 Å². The van der Waals surface area contributed by atoms with Crippen molar-refractivity contribution in [2.24, 2.45) is 17.1 Å². The molecule has 0 aromatic carbocycles. The number of Topliss-reactive ketones (excluding diaryl/α,β-unsaturated/α-hetero) is 1. The molecule has 3 unspecified atom stereocenters. The molecule has 2 fully saturated rings. The van der Waals surface area contributed by atoms with Crippen LogP contribution >= 0.6 is 11.8 Å². The van der Waals surface area contributed by atoms with Crippen LogP contribution in [0.4, 0.5) is 4.79 Å². The molecule has 1 saturated heterocycles. The number of likely N-dealkylation sites (tertiary alicyclic amines) is 1. The summed E-state index contributed by atoms with van der Waals surface area (Å²) in [5.74, 6) is -0.237. The summed E-state index contributed by atoms with van der Waals surface area (Å²) in [4.78, 5) is 65.4. The molecule has 5 N–H and O–H groups in total. The van der Waals surface area contributed by atoms with Gasteiger partial charge < -0.3 is 31.0 Å². The van der Waals surface area contributed by atoms with Crippen molar-refractivity contribution in [2.45, 2.75) is 150 Å². The third-order valence-electron chi connectivity index (χ3n) is 8.05. The highest BCUT2D eigenvalue weighted by Crippen LogP contribution is 2.34. The monoisotopic (exact) mass is 693 g/mol. The molecule has 0 spiro atoms. The molecule has 1 aliphatic carbocycles. The van der Waals surface area contributed by atoms with Crippen molar-refractivity contribution in [2.75, 3.05) is 12.3 Å². The number of carbonyl (C=O) groups excluding carboxylic acids is 5. The summed E-state index contributed by atoms with van der Waals surface area (Å²) in [5, 5.41) is 8.51. The molecule has 11 nitrogen and oxygen atoms in total. The van der Waals surface area contributed by atoms with Gasteiger partial charge in [0.1, 0.15) is 17.8 Å². The lowest BCUT2D eigenvalue weighted by atomic mass is 9.85. The minimum atomic E-state index is -1.09. The maximum absolute atomic E-state index is 13.8. The number of unbranched alkanes of at least 4 members (excludes halogenated alkanes) is 2. The van der Waals surface area contributed by atoms with E-state index >= 15 is 0 Å². The smallest absolute Gasteiger partial charge is 0.315 e. The lowest BCUT2D eigenvalue weighted by molar-refractivity contribution is -0.143. The Bertz CT molecular complexity index is 1120. The predicted octanol–water partition coefficient (Wildman–Crippen LogP) is 5.95. The van der Waals surface area contributed by atoms with Gasteiger partial charge in [0.05, 0.1) is 18.1 Å². The molecule has 48 heavy (non-hydrogen) atoms. The molecule has 1 aromatic heterocycles. The van der Waals surface area contributed by atoms with Gasteiger partial charge in [0, 0.05) is 18.3 Å². The first kappa shape index (κ1) is 43.0. The largest absolute Gasteiger partial charge is 0.468 e. The van der Waals surface area contributed by atoms with E-state index < -0.39 is 47.2 Å². The number of furan rings is 1. The number of nitrogens with zero attached hydrogens (tertiary/aromatic N) is 1. The average Bonchev–Trinajstić information content (AvgIpc) is 3.46. The Morgan fingerprint density at radius 2 is 1.65 bits per heavy atom. The highest BCUT2D eigenvalue weighted by molar-refractivity contribution is 7.98. The molecule has 3 rings (SSSR count). The first-order valence-corrected chi connectivity index (χ1v) is 19.0. The molecule has 2 heterocycles. The Balaban J connectivity index is 0.00000129. The lowest BCUT2D eigenvalue weighted by Crippen LogP contribution is -2.60. The zero-order chi connectivity index (χ0) is 36.3. The highest BCUT2D eigenvalue weighted by Gasteiger charge is 2.43. The fraction of sp³-hybridized carbons (Fsp3) is 0.750. The van der Waals surface area contributed by atoms with Crippen molar-refractivity contribution in [3.8, 4) is 0 Å². The van der Waals surface area contributed by atoms with Crippen LogP contribution < -0.4 is 21.7 Å². The van der Waals surface area contributed by atoms with Gasteiger partial charge in [0.15, 0.2) is 0 Å². The fourth-order valence-corrected chi connectivity index (χ4v) is 6.23. The summed E-state index contributed by atoms with van der Waals surface area (Å²) in [6.07, 6.45) is 10.9. The van der Waals surface area contributed by atoms with E-state index in [0.717, 1.165) is 18.6 Å². The molecule has 2 aliphatic rings. The van der Waals surface area contributed by atoms with Crippen molar-refractivity contribution < 1.29 is 28.4 Å². The number of rotatable bonds is 16.